The molecule has 2 nitrogen and oxygen atoms in total. The van der Waals surface area contributed by atoms with Crippen LogP contribution in [0.2, 0.25) is 0 Å². The van der Waals surface area contributed by atoms with Gasteiger partial charge < -0.3 is 4.90 Å². The van der Waals surface area contributed by atoms with Crippen LogP contribution in [0.5, 0.6) is 0 Å². The minimum Gasteiger partial charge on any atom is -0.415 e. The highest BCUT2D eigenvalue weighted by Crippen LogP contribution is 2.22. The summed E-state index contributed by atoms with van der Waals surface area (Å²) in [5, 5.41) is 0. The van der Waals surface area contributed by atoms with E-state index in [0.717, 1.165) is 12.8 Å². The minimum absolute atomic E-state index is 1.14. The van der Waals surface area contributed by atoms with Crippen molar-refractivity contribution in [2.75, 3.05) is 21.1 Å². The number of allylic oxidation sites excluding steroid dienone is 2. The van der Waals surface area contributed by atoms with E-state index in [0.29, 0.717) is 0 Å². The summed E-state index contributed by atoms with van der Waals surface area (Å²) in [5.41, 5.74) is 2.57. The molecule has 0 spiro atoms. The molecule has 0 bridgehead atoms. The van der Waals surface area contributed by atoms with Gasteiger partial charge in [0.25, 0.3) is 0 Å². The maximum Gasteiger partial charge on any atom is 0.120 e. The molecule has 0 atom stereocenters. The van der Waals surface area contributed by atoms with Crippen molar-refractivity contribution in [3.8, 4) is 0 Å². The van der Waals surface area contributed by atoms with E-state index in [9.17, 15) is 0 Å². The van der Waals surface area contributed by atoms with Crippen molar-refractivity contribution in [1.82, 2.24) is 4.90 Å². The van der Waals surface area contributed by atoms with E-state index < -0.39 is 0 Å². The van der Waals surface area contributed by atoms with Crippen molar-refractivity contribution in [3.63, 3.8) is 0 Å². The molecule has 0 amide bonds. The van der Waals surface area contributed by atoms with Gasteiger partial charge >= 0.3 is 0 Å². The fourth-order valence-electron chi connectivity index (χ4n) is 1.48. The fourth-order valence-corrected chi connectivity index (χ4v) is 1.48. The van der Waals surface area contributed by atoms with Gasteiger partial charge in [-0.15, -0.1) is 12.2 Å². The summed E-state index contributed by atoms with van der Waals surface area (Å²) in [6, 6.07) is 0. The van der Waals surface area contributed by atoms with Crippen LogP contribution in [0.15, 0.2) is 23.4 Å². The molecule has 0 aromatic heterocycles. The summed E-state index contributed by atoms with van der Waals surface area (Å²) >= 11 is 0. The van der Waals surface area contributed by atoms with E-state index in [1.54, 1.807) is 0 Å². The Bertz CT molecular complexity index is 260. The zero-order valence-corrected chi connectivity index (χ0v) is 10.7. The third-order valence-electron chi connectivity index (χ3n) is 2.01. The van der Waals surface area contributed by atoms with E-state index in [2.05, 4.69) is 44.4 Å². The summed E-state index contributed by atoms with van der Waals surface area (Å²) in [4.78, 5) is 2.14. The Balaban J connectivity index is 0.000000921. The molecule has 0 saturated heterocycles. The second-order valence-electron chi connectivity index (χ2n) is 3.61. The summed E-state index contributed by atoms with van der Waals surface area (Å²) in [6.07, 6.45) is 6.81. The summed E-state index contributed by atoms with van der Waals surface area (Å²) < 4.78 is 1.84. The Morgan fingerprint density at radius 1 is 1.27 bits per heavy atom. The molecule has 0 aromatic rings. The van der Waals surface area contributed by atoms with Gasteiger partial charge in [-0.05, 0) is 26.2 Å². The fraction of sp³-hybridized carbons (Fsp3) is 0.538. The maximum absolute atomic E-state index is 3.82. The molecule has 0 radical (unpaired) electrons. The maximum atomic E-state index is 3.82. The smallest absolute Gasteiger partial charge is 0.120 e. The van der Waals surface area contributed by atoms with E-state index in [1.807, 2.05) is 25.5 Å². The molecule has 0 N–H and O–H groups in total. The van der Waals surface area contributed by atoms with Crippen LogP contribution in [-0.4, -0.2) is 37.3 Å². The van der Waals surface area contributed by atoms with Gasteiger partial charge in [0, 0.05) is 0 Å². The molecule has 1 aliphatic rings. The number of hydrogen-bond acceptors (Lipinski definition) is 1. The first-order valence-electron chi connectivity index (χ1n) is 5.57. The van der Waals surface area contributed by atoms with Gasteiger partial charge in [-0.1, -0.05) is 25.8 Å². The predicted octanol–water partition coefficient (Wildman–Crippen LogP) is 2.68. The van der Waals surface area contributed by atoms with Gasteiger partial charge in [0.1, 0.15) is 7.05 Å². The zero-order chi connectivity index (χ0) is 11.8. The number of hydrogen-bond donors (Lipinski definition) is 0. The second-order valence-corrected chi connectivity index (χ2v) is 3.61. The average Bonchev–Trinajstić information content (AvgIpc) is 2.20. The molecule has 1 rings (SSSR count). The molecule has 0 aromatic carbocycles. The molecule has 0 aliphatic heterocycles. The first kappa shape index (κ1) is 13.8. The second kappa shape index (κ2) is 7.16. The molecule has 0 heterocycles. The Hall–Kier alpha value is -1.18. The molecule has 0 fully saturated rings. The third kappa shape index (κ3) is 4.73. The molecular weight excluding hydrogens is 184 g/mol. The Morgan fingerprint density at radius 3 is 2.27 bits per heavy atom. The SMILES string of the molecule is C=[N+](C)[CH-]C1=CCCC=C1N(C)C.CC. The first-order valence-corrected chi connectivity index (χ1v) is 5.57. The van der Waals surface area contributed by atoms with Crippen LogP contribution in [0.3, 0.4) is 0 Å². The van der Waals surface area contributed by atoms with E-state index in [4.69, 9.17) is 0 Å². The van der Waals surface area contributed by atoms with Crippen LogP contribution in [-0.2, 0) is 0 Å². The summed E-state index contributed by atoms with van der Waals surface area (Å²) in [7, 11) is 6.09. The molecule has 2 heteroatoms. The van der Waals surface area contributed by atoms with Crippen LogP contribution in [0, 0.1) is 6.54 Å². The van der Waals surface area contributed by atoms with E-state index in [-0.39, 0.29) is 0 Å². The summed E-state index contributed by atoms with van der Waals surface area (Å²) in [5.74, 6) is 0. The van der Waals surface area contributed by atoms with Gasteiger partial charge in [0.05, 0.1) is 13.3 Å². The Kier molecular flexibility index (Phi) is 6.59. The lowest BCUT2D eigenvalue weighted by molar-refractivity contribution is -0.439. The van der Waals surface area contributed by atoms with Crippen molar-refractivity contribution < 1.29 is 4.58 Å². The quantitative estimate of drug-likeness (QED) is 0.393. The highest BCUT2D eigenvalue weighted by Gasteiger charge is 2.06. The topological polar surface area (TPSA) is 6.25 Å². The first-order chi connectivity index (χ1) is 7.11. The van der Waals surface area contributed by atoms with Crippen molar-refractivity contribution >= 4 is 6.72 Å². The lowest BCUT2D eigenvalue weighted by Gasteiger charge is -2.27. The van der Waals surface area contributed by atoms with Gasteiger partial charge in [0.15, 0.2) is 0 Å². The van der Waals surface area contributed by atoms with Crippen molar-refractivity contribution in [2.24, 2.45) is 0 Å². The highest BCUT2D eigenvalue weighted by molar-refractivity contribution is 5.36. The molecular formula is C13H24N2. The highest BCUT2D eigenvalue weighted by atomic mass is 15.1. The van der Waals surface area contributed by atoms with Crippen molar-refractivity contribution in [1.29, 1.82) is 0 Å². The standard InChI is InChI=1S/C11H18N2.C2H6/c1-12(2)9-10-7-5-6-8-11(10)13(3)4;1-2/h7-9H,1,5-6H2,2-4H3;1-2H3. The van der Waals surface area contributed by atoms with Crippen LogP contribution in [0.4, 0.5) is 0 Å². The Labute approximate surface area is 94.6 Å². The van der Waals surface area contributed by atoms with Crippen molar-refractivity contribution in [2.45, 2.75) is 26.7 Å². The summed E-state index contributed by atoms with van der Waals surface area (Å²) in [6.45, 7) is 9.88. The minimum atomic E-state index is 1.14. The molecule has 1 aliphatic carbocycles. The number of rotatable bonds is 3. The molecule has 86 valence electrons. The van der Waals surface area contributed by atoms with E-state index >= 15 is 0 Å². The van der Waals surface area contributed by atoms with Crippen molar-refractivity contribution in [3.05, 3.63) is 30.0 Å². The number of nitrogens with zero attached hydrogens (tertiary/aromatic N) is 2. The van der Waals surface area contributed by atoms with Crippen LogP contribution in [0.1, 0.15) is 26.7 Å². The van der Waals surface area contributed by atoms with E-state index in [1.165, 1.54) is 11.3 Å². The largest absolute Gasteiger partial charge is 0.415 e. The van der Waals surface area contributed by atoms with Gasteiger partial charge in [-0.2, -0.15) is 0 Å². The lowest BCUT2D eigenvalue weighted by atomic mass is 10.0. The van der Waals surface area contributed by atoms with Gasteiger partial charge in [0.2, 0.25) is 0 Å². The van der Waals surface area contributed by atoms with Crippen LogP contribution in [0.25, 0.3) is 0 Å². The zero-order valence-electron chi connectivity index (χ0n) is 10.7. The predicted molar refractivity (Wildman–Crippen MR) is 68.0 cm³/mol. The lowest BCUT2D eigenvalue weighted by Crippen LogP contribution is -2.17. The molecule has 0 unspecified atom stereocenters. The third-order valence-corrected chi connectivity index (χ3v) is 2.01. The molecule has 0 saturated carbocycles. The van der Waals surface area contributed by atoms with Gasteiger partial charge in [-0.25, -0.2) is 0 Å². The number of likely N-dealkylation sites (N-methyl/N-ethyl adjacent to an activating group) is 2. The molecule has 15 heavy (non-hydrogen) atoms. The Morgan fingerprint density at radius 2 is 1.80 bits per heavy atom. The monoisotopic (exact) mass is 208 g/mol. The average molecular weight is 208 g/mol. The van der Waals surface area contributed by atoms with Crippen LogP contribution >= 0.6 is 0 Å². The van der Waals surface area contributed by atoms with Crippen LogP contribution < -0.4 is 0 Å². The van der Waals surface area contributed by atoms with Gasteiger partial charge in [-0.3, -0.25) is 4.58 Å². The normalized spacial score (nSPS) is 14.2.